The van der Waals surface area contributed by atoms with Gasteiger partial charge in [-0.3, -0.25) is 5.32 Å². The monoisotopic (exact) mass is 202 g/mol. The Morgan fingerprint density at radius 3 is 2.50 bits per heavy atom. The summed E-state index contributed by atoms with van der Waals surface area (Å²) in [6.45, 7) is 9.82. The first-order valence-corrected chi connectivity index (χ1v) is 5.21. The molecule has 0 aromatic carbocycles. The molecule has 1 aliphatic rings. The lowest BCUT2D eigenvalue weighted by Crippen LogP contribution is -2.46. The SMILES string of the molecule is CC1CNCC1NC(O)OC(C)(C)C. The molecule has 1 aliphatic heterocycles. The molecule has 0 aliphatic carbocycles. The fourth-order valence-electron chi connectivity index (χ4n) is 1.59. The maximum atomic E-state index is 9.60. The van der Waals surface area contributed by atoms with Crippen molar-refractivity contribution >= 4 is 0 Å². The zero-order valence-electron chi connectivity index (χ0n) is 9.50. The number of hydrogen-bond acceptors (Lipinski definition) is 4. The molecule has 0 aromatic heterocycles. The van der Waals surface area contributed by atoms with E-state index in [0.717, 1.165) is 13.1 Å². The summed E-state index contributed by atoms with van der Waals surface area (Å²) in [5, 5.41) is 15.9. The molecule has 4 heteroatoms. The smallest absolute Gasteiger partial charge is 0.214 e. The number of ether oxygens (including phenoxy) is 1. The molecule has 0 bridgehead atoms. The van der Waals surface area contributed by atoms with Crippen molar-refractivity contribution in [1.82, 2.24) is 10.6 Å². The Kier molecular flexibility index (Phi) is 3.89. The third-order valence-electron chi connectivity index (χ3n) is 2.34. The molecule has 0 radical (unpaired) electrons. The Morgan fingerprint density at radius 2 is 2.07 bits per heavy atom. The van der Waals surface area contributed by atoms with Gasteiger partial charge in [0.05, 0.1) is 5.60 Å². The van der Waals surface area contributed by atoms with Crippen molar-refractivity contribution in [3.05, 3.63) is 0 Å². The van der Waals surface area contributed by atoms with Crippen LogP contribution in [0.15, 0.2) is 0 Å². The number of hydrogen-bond donors (Lipinski definition) is 3. The van der Waals surface area contributed by atoms with Crippen LogP contribution in [0.25, 0.3) is 0 Å². The van der Waals surface area contributed by atoms with Gasteiger partial charge in [0.25, 0.3) is 0 Å². The van der Waals surface area contributed by atoms with Crippen LogP contribution in [0.5, 0.6) is 0 Å². The Hall–Kier alpha value is -0.160. The van der Waals surface area contributed by atoms with Gasteiger partial charge in [0.15, 0.2) is 0 Å². The lowest BCUT2D eigenvalue weighted by molar-refractivity contribution is -0.186. The van der Waals surface area contributed by atoms with E-state index < -0.39 is 6.41 Å². The van der Waals surface area contributed by atoms with Crippen molar-refractivity contribution in [3.63, 3.8) is 0 Å². The van der Waals surface area contributed by atoms with Crippen LogP contribution in [-0.2, 0) is 4.74 Å². The van der Waals surface area contributed by atoms with Crippen LogP contribution in [0, 0.1) is 5.92 Å². The lowest BCUT2D eigenvalue weighted by atomic mass is 10.1. The third kappa shape index (κ3) is 3.92. The normalized spacial score (nSPS) is 30.6. The number of aliphatic hydroxyl groups excluding tert-OH is 1. The molecule has 0 amide bonds. The largest absolute Gasteiger partial charge is 0.356 e. The highest BCUT2D eigenvalue weighted by Crippen LogP contribution is 2.12. The van der Waals surface area contributed by atoms with Crippen molar-refractivity contribution in [1.29, 1.82) is 0 Å². The van der Waals surface area contributed by atoms with Crippen molar-refractivity contribution < 1.29 is 9.84 Å². The summed E-state index contributed by atoms with van der Waals surface area (Å²) >= 11 is 0. The zero-order chi connectivity index (χ0) is 10.8. The summed E-state index contributed by atoms with van der Waals surface area (Å²) in [5.41, 5.74) is -0.318. The van der Waals surface area contributed by atoms with Gasteiger partial charge in [-0.2, -0.15) is 0 Å². The summed E-state index contributed by atoms with van der Waals surface area (Å²) in [4.78, 5) is 0. The first kappa shape index (κ1) is 11.9. The van der Waals surface area contributed by atoms with Crippen LogP contribution in [-0.4, -0.2) is 36.3 Å². The number of nitrogens with one attached hydrogen (secondary N) is 2. The predicted octanol–water partition coefficient (Wildman–Crippen LogP) is 0.275. The van der Waals surface area contributed by atoms with Gasteiger partial charge in [0, 0.05) is 12.6 Å². The van der Waals surface area contributed by atoms with Crippen molar-refractivity contribution in [3.8, 4) is 0 Å². The van der Waals surface area contributed by atoms with Gasteiger partial charge in [-0.05, 0) is 33.2 Å². The number of aliphatic hydroxyl groups is 1. The Bertz CT molecular complexity index is 179. The van der Waals surface area contributed by atoms with E-state index in [-0.39, 0.29) is 5.60 Å². The van der Waals surface area contributed by atoms with E-state index in [2.05, 4.69) is 17.6 Å². The molecule has 0 spiro atoms. The van der Waals surface area contributed by atoms with Gasteiger partial charge >= 0.3 is 0 Å². The Morgan fingerprint density at radius 1 is 1.43 bits per heavy atom. The summed E-state index contributed by atoms with van der Waals surface area (Å²) < 4.78 is 5.36. The highest BCUT2D eigenvalue weighted by Gasteiger charge is 2.26. The molecule has 3 unspecified atom stereocenters. The molecule has 3 atom stereocenters. The first-order chi connectivity index (χ1) is 6.38. The van der Waals surface area contributed by atoms with Gasteiger partial charge < -0.3 is 15.2 Å². The quantitative estimate of drug-likeness (QED) is 0.575. The fourth-order valence-corrected chi connectivity index (χ4v) is 1.59. The fraction of sp³-hybridized carbons (Fsp3) is 1.00. The summed E-state index contributed by atoms with van der Waals surface area (Å²) in [5.74, 6) is 0.535. The van der Waals surface area contributed by atoms with Crippen molar-refractivity contribution in [2.24, 2.45) is 5.92 Å². The number of rotatable bonds is 3. The lowest BCUT2D eigenvalue weighted by Gasteiger charge is -2.27. The summed E-state index contributed by atoms with van der Waals surface area (Å²) in [6, 6.07) is 0.298. The molecule has 1 rings (SSSR count). The van der Waals surface area contributed by atoms with E-state index in [1.165, 1.54) is 0 Å². The average Bonchev–Trinajstić information content (AvgIpc) is 2.32. The van der Waals surface area contributed by atoms with E-state index >= 15 is 0 Å². The second-order valence-electron chi connectivity index (χ2n) is 4.99. The highest BCUT2D eigenvalue weighted by atomic mass is 16.6. The molecule has 14 heavy (non-hydrogen) atoms. The molecule has 1 fully saturated rings. The first-order valence-electron chi connectivity index (χ1n) is 5.21. The van der Waals surface area contributed by atoms with Crippen LogP contribution in [0.3, 0.4) is 0 Å². The van der Waals surface area contributed by atoms with Crippen molar-refractivity contribution in [2.45, 2.75) is 45.8 Å². The van der Waals surface area contributed by atoms with Crippen molar-refractivity contribution in [2.75, 3.05) is 13.1 Å². The van der Waals surface area contributed by atoms with Gasteiger partial charge in [-0.15, -0.1) is 0 Å². The second-order valence-corrected chi connectivity index (χ2v) is 4.99. The molecule has 1 saturated heterocycles. The predicted molar refractivity (Wildman–Crippen MR) is 55.8 cm³/mol. The van der Waals surface area contributed by atoms with E-state index in [1.807, 2.05) is 20.8 Å². The van der Waals surface area contributed by atoms with E-state index in [4.69, 9.17) is 4.74 Å². The van der Waals surface area contributed by atoms with Gasteiger partial charge in [0.2, 0.25) is 6.41 Å². The van der Waals surface area contributed by atoms with Crippen LogP contribution >= 0.6 is 0 Å². The summed E-state index contributed by atoms with van der Waals surface area (Å²) in [6.07, 6.45) is -0.873. The Balaban J connectivity index is 2.29. The van der Waals surface area contributed by atoms with Gasteiger partial charge in [-0.25, -0.2) is 0 Å². The van der Waals surface area contributed by atoms with Crippen LogP contribution in [0.1, 0.15) is 27.7 Å². The van der Waals surface area contributed by atoms with E-state index in [0.29, 0.717) is 12.0 Å². The maximum absolute atomic E-state index is 9.60. The van der Waals surface area contributed by atoms with Gasteiger partial charge in [-0.1, -0.05) is 6.92 Å². The molecule has 84 valence electrons. The average molecular weight is 202 g/mol. The van der Waals surface area contributed by atoms with Gasteiger partial charge in [0.1, 0.15) is 0 Å². The van der Waals surface area contributed by atoms with Crippen LogP contribution in [0.2, 0.25) is 0 Å². The van der Waals surface area contributed by atoms with Crippen LogP contribution < -0.4 is 10.6 Å². The summed E-state index contributed by atoms with van der Waals surface area (Å²) in [7, 11) is 0. The molecule has 4 nitrogen and oxygen atoms in total. The standard InChI is InChI=1S/C10H22N2O2/c1-7-5-11-6-8(7)12-9(13)14-10(2,3)4/h7-9,11-13H,5-6H2,1-4H3. The topological polar surface area (TPSA) is 53.5 Å². The van der Waals surface area contributed by atoms with E-state index in [9.17, 15) is 5.11 Å². The zero-order valence-corrected chi connectivity index (χ0v) is 9.50. The maximum Gasteiger partial charge on any atom is 0.214 e. The minimum absolute atomic E-state index is 0.298. The van der Waals surface area contributed by atoms with E-state index in [1.54, 1.807) is 0 Å². The molecule has 1 heterocycles. The molecule has 3 N–H and O–H groups in total. The van der Waals surface area contributed by atoms with Crippen LogP contribution in [0.4, 0.5) is 0 Å². The molecule has 0 saturated carbocycles. The second kappa shape index (κ2) is 4.57. The Labute approximate surface area is 86.0 Å². The molecular weight excluding hydrogens is 180 g/mol. The molecule has 0 aromatic rings. The highest BCUT2D eigenvalue weighted by molar-refractivity contribution is 4.83. The minimum Gasteiger partial charge on any atom is -0.356 e. The minimum atomic E-state index is -0.873. The third-order valence-corrected chi connectivity index (χ3v) is 2.34. The molecular formula is C10H22N2O2.